The fraction of sp³-hybridized carbons (Fsp3) is 0.158. The molecule has 1 heterocycles. The lowest BCUT2D eigenvalue weighted by molar-refractivity contribution is 1.04. The second kappa shape index (κ2) is 7.53. The lowest BCUT2D eigenvalue weighted by Crippen LogP contribution is -2.04. The summed E-state index contributed by atoms with van der Waals surface area (Å²) in [5.41, 5.74) is 4.65. The zero-order valence-electron chi connectivity index (χ0n) is 12.9. The Morgan fingerprint density at radius 1 is 1.08 bits per heavy atom. The van der Waals surface area contributed by atoms with Gasteiger partial charge in [-0.1, -0.05) is 35.9 Å². The Labute approximate surface area is 164 Å². The molecule has 1 nitrogen and oxygen atoms in total. The van der Waals surface area contributed by atoms with Gasteiger partial charge in [0.25, 0.3) is 0 Å². The molecule has 0 fully saturated rings. The maximum Gasteiger partial charge on any atom is 0.0732 e. The molecule has 1 atom stereocenters. The van der Waals surface area contributed by atoms with E-state index >= 15 is 0 Å². The molecule has 0 bridgehead atoms. The first-order valence-corrected chi connectivity index (χ1v) is 9.78. The van der Waals surface area contributed by atoms with Crippen molar-refractivity contribution in [1.82, 2.24) is 4.98 Å². The first-order chi connectivity index (χ1) is 11.6. The summed E-state index contributed by atoms with van der Waals surface area (Å²) < 4.78 is 1.06. The summed E-state index contributed by atoms with van der Waals surface area (Å²) in [6, 6.07) is 12.7. The van der Waals surface area contributed by atoms with E-state index in [1.807, 2.05) is 12.1 Å². The number of H-pyrrole nitrogens is 1. The number of allylic oxidation sites excluding steroid dienone is 4. The van der Waals surface area contributed by atoms with Gasteiger partial charge in [0.2, 0.25) is 0 Å². The third-order valence-corrected chi connectivity index (χ3v) is 5.60. The lowest BCUT2D eigenvalue weighted by Gasteiger charge is -2.17. The number of para-hydroxylation sites is 1. The maximum absolute atomic E-state index is 6.28. The minimum Gasteiger partial charge on any atom is -0.354 e. The molecule has 1 aliphatic carbocycles. The standard InChI is InChI=1S/C18H12BrCl2N.CH3Cl/c19-14-8-11(10-5-6-15(20)16(21)9-10)7-13-12-3-1-2-4-17(12)22-18(13)14;1-2/h1-8,16,22H,9H2;1H3. The van der Waals surface area contributed by atoms with Crippen LogP contribution < -0.4 is 0 Å². The molecule has 1 aliphatic rings. The van der Waals surface area contributed by atoms with Crippen molar-refractivity contribution in [3.63, 3.8) is 0 Å². The molecule has 5 heteroatoms. The van der Waals surface area contributed by atoms with E-state index in [-0.39, 0.29) is 5.38 Å². The summed E-state index contributed by atoms with van der Waals surface area (Å²) in [7, 11) is 0. The van der Waals surface area contributed by atoms with Crippen LogP contribution in [0.15, 0.2) is 58.1 Å². The van der Waals surface area contributed by atoms with Gasteiger partial charge in [-0.15, -0.1) is 23.2 Å². The van der Waals surface area contributed by atoms with E-state index in [1.165, 1.54) is 28.3 Å². The highest BCUT2D eigenvalue weighted by Gasteiger charge is 2.18. The second-order valence-electron chi connectivity index (χ2n) is 5.47. The number of rotatable bonds is 1. The topological polar surface area (TPSA) is 15.8 Å². The third kappa shape index (κ3) is 3.25. The smallest absolute Gasteiger partial charge is 0.0732 e. The monoisotopic (exact) mass is 441 g/mol. The molecule has 0 aliphatic heterocycles. The average Bonchev–Trinajstić information content (AvgIpc) is 2.99. The zero-order valence-corrected chi connectivity index (χ0v) is 16.8. The number of halogens is 4. The number of benzene rings is 2. The Morgan fingerprint density at radius 3 is 2.58 bits per heavy atom. The quantitative estimate of drug-likeness (QED) is 0.376. The van der Waals surface area contributed by atoms with Crippen molar-refractivity contribution in [1.29, 1.82) is 0 Å². The molecule has 0 saturated carbocycles. The van der Waals surface area contributed by atoms with E-state index in [1.54, 1.807) is 0 Å². The molecular weight excluding hydrogens is 428 g/mol. The van der Waals surface area contributed by atoms with E-state index in [9.17, 15) is 0 Å². The number of alkyl halides is 2. The van der Waals surface area contributed by atoms with Crippen LogP contribution in [0.5, 0.6) is 0 Å². The first kappa shape index (κ1) is 17.9. The highest BCUT2D eigenvalue weighted by Crippen LogP contribution is 2.37. The van der Waals surface area contributed by atoms with Crippen LogP contribution in [-0.4, -0.2) is 16.7 Å². The molecule has 4 rings (SSSR count). The van der Waals surface area contributed by atoms with Crippen LogP contribution in [0.4, 0.5) is 0 Å². The molecule has 3 aromatic rings. The van der Waals surface area contributed by atoms with Crippen LogP contribution >= 0.6 is 50.7 Å². The molecule has 1 aromatic heterocycles. The Balaban J connectivity index is 0.000000815. The molecule has 0 saturated heterocycles. The molecule has 0 amide bonds. The molecule has 124 valence electrons. The normalized spacial score (nSPS) is 17.3. The van der Waals surface area contributed by atoms with E-state index in [4.69, 9.17) is 23.2 Å². The minimum absolute atomic E-state index is 0.140. The molecule has 1 N–H and O–H groups in total. The predicted molar refractivity (Wildman–Crippen MR) is 111 cm³/mol. The number of aromatic amines is 1. The maximum atomic E-state index is 6.28. The van der Waals surface area contributed by atoms with Crippen LogP contribution in [0.3, 0.4) is 0 Å². The van der Waals surface area contributed by atoms with Crippen molar-refractivity contribution in [3.8, 4) is 0 Å². The minimum atomic E-state index is -0.140. The van der Waals surface area contributed by atoms with E-state index in [0.717, 1.165) is 21.9 Å². The Bertz CT molecular complexity index is 956. The van der Waals surface area contributed by atoms with Crippen molar-refractivity contribution in [2.45, 2.75) is 11.8 Å². The number of fused-ring (bicyclic) bond motifs is 3. The molecule has 1 unspecified atom stereocenters. The van der Waals surface area contributed by atoms with Crippen molar-refractivity contribution in [2.75, 3.05) is 6.38 Å². The predicted octanol–water partition coefficient (Wildman–Crippen LogP) is 7.46. The van der Waals surface area contributed by atoms with Crippen molar-refractivity contribution >= 4 is 78.1 Å². The second-order valence-corrected chi connectivity index (χ2v) is 7.28. The SMILES string of the molecule is CCl.ClC1=CC=C(c2cc(Br)c3[nH]c4ccccc4c3c2)CC1Cl. The largest absolute Gasteiger partial charge is 0.354 e. The lowest BCUT2D eigenvalue weighted by atomic mass is 9.95. The van der Waals surface area contributed by atoms with Crippen molar-refractivity contribution < 1.29 is 0 Å². The van der Waals surface area contributed by atoms with Gasteiger partial charge in [-0.3, -0.25) is 0 Å². The first-order valence-electron chi connectivity index (χ1n) is 7.42. The van der Waals surface area contributed by atoms with Crippen molar-refractivity contribution in [2.24, 2.45) is 0 Å². The Kier molecular flexibility index (Phi) is 5.61. The van der Waals surface area contributed by atoms with Gasteiger partial charge in [-0.05, 0) is 57.8 Å². The summed E-state index contributed by atoms with van der Waals surface area (Å²) in [6.07, 6.45) is 6.17. The molecule has 0 spiro atoms. The van der Waals surface area contributed by atoms with Crippen LogP contribution in [0, 0.1) is 0 Å². The van der Waals surface area contributed by atoms with Gasteiger partial charge in [-0.2, -0.15) is 0 Å². The Hall–Kier alpha value is -0.930. The fourth-order valence-corrected chi connectivity index (χ4v) is 3.89. The number of aromatic nitrogens is 1. The van der Waals surface area contributed by atoms with Gasteiger partial charge in [0.1, 0.15) is 0 Å². The van der Waals surface area contributed by atoms with Gasteiger partial charge in [0, 0.05) is 32.2 Å². The van der Waals surface area contributed by atoms with Gasteiger partial charge in [0.05, 0.1) is 10.9 Å². The Morgan fingerprint density at radius 2 is 1.83 bits per heavy atom. The summed E-state index contributed by atoms with van der Waals surface area (Å²) in [4.78, 5) is 3.47. The van der Waals surface area contributed by atoms with Gasteiger partial charge >= 0.3 is 0 Å². The highest BCUT2D eigenvalue weighted by molar-refractivity contribution is 9.10. The molecule has 0 radical (unpaired) electrons. The van der Waals surface area contributed by atoms with E-state index < -0.39 is 0 Å². The van der Waals surface area contributed by atoms with Crippen LogP contribution in [0.25, 0.3) is 27.4 Å². The summed E-state index contributed by atoms with van der Waals surface area (Å²) in [5.74, 6) is 0. The van der Waals surface area contributed by atoms with Crippen LogP contribution in [-0.2, 0) is 0 Å². The van der Waals surface area contributed by atoms with E-state index in [2.05, 4.69) is 68.9 Å². The highest BCUT2D eigenvalue weighted by atomic mass is 79.9. The van der Waals surface area contributed by atoms with Crippen LogP contribution in [0.2, 0.25) is 0 Å². The summed E-state index contributed by atoms with van der Waals surface area (Å²) in [6.45, 7) is 0. The van der Waals surface area contributed by atoms with Crippen molar-refractivity contribution in [3.05, 3.63) is 63.6 Å². The zero-order chi connectivity index (χ0) is 17.3. The van der Waals surface area contributed by atoms with Gasteiger partial charge in [0.15, 0.2) is 0 Å². The molecule has 24 heavy (non-hydrogen) atoms. The summed E-state index contributed by atoms with van der Waals surface area (Å²) in [5, 5.41) is 3.01. The molecule has 2 aromatic carbocycles. The third-order valence-electron chi connectivity index (χ3n) is 4.08. The van der Waals surface area contributed by atoms with E-state index in [0.29, 0.717) is 5.03 Å². The average molecular weight is 444 g/mol. The summed E-state index contributed by atoms with van der Waals surface area (Å²) >= 11 is 20.7. The molecular formula is C19H15BrCl3N. The van der Waals surface area contributed by atoms with Gasteiger partial charge in [-0.25, -0.2) is 0 Å². The fourth-order valence-electron chi connectivity index (χ4n) is 2.95. The van der Waals surface area contributed by atoms with Gasteiger partial charge < -0.3 is 4.98 Å². The number of hydrogen-bond acceptors (Lipinski definition) is 0. The van der Waals surface area contributed by atoms with Crippen LogP contribution in [0.1, 0.15) is 12.0 Å². The number of nitrogens with one attached hydrogen (secondary N) is 1. The number of hydrogen-bond donors (Lipinski definition) is 1.